The van der Waals surface area contributed by atoms with Crippen molar-refractivity contribution in [1.82, 2.24) is 14.4 Å². The Bertz CT molecular complexity index is 990. The van der Waals surface area contributed by atoms with Gasteiger partial charge in [0.05, 0.1) is 10.8 Å². The van der Waals surface area contributed by atoms with Gasteiger partial charge in [0.1, 0.15) is 0 Å². The van der Waals surface area contributed by atoms with Crippen LogP contribution >= 0.6 is 11.3 Å². The minimum absolute atomic E-state index is 0.0528. The fourth-order valence-corrected chi connectivity index (χ4v) is 5.49. The molecule has 0 radical (unpaired) electrons. The minimum Gasteiger partial charge on any atom is -0.339 e. The van der Waals surface area contributed by atoms with Gasteiger partial charge in [0.2, 0.25) is 21.7 Å². The van der Waals surface area contributed by atoms with Crippen molar-refractivity contribution in [3.05, 3.63) is 52.5 Å². The number of aromatic nitrogens is 2. The molecule has 2 aromatic heterocycles. The van der Waals surface area contributed by atoms with Crippen molar-refractivity contribution in [3.8, 4) is 11.4 Å². The first-order valence-corrected chi connectivity index (χ1v) is 10.9. The maximum Gasteiger partial charge on any atom is 0.243 e. The molecule has 0 N–H and O–H groups in total. The van der Waals surface area contributed by atoms with E-state index in [0.29, 0.717) is 29.7 Å². The van der Waals surface area contributed by atoms with Gasteiger partial charge in [0.25, 0.3) is 0 Å². The molecule has 0 saturated carbocycles. The molecule has 0 bridgehead atoms. The number of aryl methyl sites for hydroxylation is 1. The predicted molar refractivity (Wildman–Crippen MR) is 99.5 cm³/mol. The Morgan fingerprint density at radius 3 is 2.81 bits per heavy atom. The maximum absolute atomic E-state index is 12.9. The van der Waals surface area contributed by atoms with Crippen LogP contribution in [0.25, 0.3) is 11.4 Å². The molecule has 4 rings (SSSR count). The molecule has 3 aromatic rings. The summed E-state index contributed by atoms with van der Waals surface area (Å²) >= 11 is 1.57. The van der Waals surface area contributed by atoms with E-state index < -0.39 is 10.0 Å². The van der Waals surface area contributed by atoms with E-state index in [9.17, 15) is 8.42 Å². The Morgan fingerprint density at radius 2 is 2.08 bits per heavy atom. The van der Waals surface area contributed by atoms with E-state index in [4.69, 9.17) is 4.52 Å². The van der Waals surface area contributed by atoms with E-state index in [-0.39, 0.29) is 5.92 Å². The summed E-state index contributed by atoms with van der Waals surface area (Å²) in [6.07, 6.45) is 1.66. The van der Waals surface area contributed by atoms with Crippen LogP contribution in [0.1, 0.15) is 30.7 Å². The van der Waals surface area contributed by atoms with Gasteiger partial charge in [-0.1, -0.05) is 36.7 Å². The van der Waals surface area contributed by atoms with Gasteiger partial charge in [-0.05, 0) is 29.5 Å². The van der Waals surface area contributed by atoms with Gasteiger partial charge in [0, 0.05) is 24.0 Å². The van der Waals surface area contributed by atoms with Crippen LogP contribution in [0.2, 0.25) is 0 Å². The molecule has 0 aliphatic carbocycles. The molecule has 6 nitrogen and oxygen atoms in total. The molecule has 0 spiro atoms. The molecule has 0 amide bonds. The SMILES string of the molecule is CCCc1ccccc1S(=O)(=O)N1CC(c2nc(-c3ccsc3)no2)C1. The summed E-state index contributed by atoms with van der Waals surface area (Å²) in [6.45, 7) is 2.78. The second kappa shape index (κ2) is 6.94. The minimum atomic E-state index is -3.49. The summed E-state index contributed by atoms with van der Waals surface area (Å²) in [6, 6.07) is 9.16. The van der Waals surface area contributed by atoms with Crippen molar-refractivity contribution in [2.24, 2.45) is 0 Å². The highest BCUT2D eigenvalue weighted by molar-refractivity contribution is 7.89. The molecule has 1 saturated heterocycles. The summed E-state index contributed by atoms with van der Waals surface area (Å²) < 4.78 is 32.7. The summed E-state index contributed by atoms with van der Waals surface area (Å²) in [4.78, 5) is 4.83. The average molecular weight is 390 g/mol. The van der Waals surface area contributed by atoms with E-state index in [1.807, 2.05) is 35.9 Å². The molecule has 136 valence electrons. The van der Waals surface area contributed by atoms with Gasteiger partial charge in [0.15, 0.2) is 0 Å². The lowest BCUT2D eigenvalue weighted by Crippen LogP contribution is -2.48. The second-order valence-corrected chi connectivity index (χ2v) is 9.03. The lowest BCUT2D eigenvalue weighted by atomic mass is 10.0. The highest BCUT2D eigenvalue weighted by Gasteiger charge is 2.41. The van der Waals surface area contributed by atoms with E-state index in [2.05, 4.69) is 10.1 Å². The van der Waals surface area contributed by atoms with Gasteiger partial charge in [-0.3, -0.25) is 0 Å². The maximum atomic E-state index is 12.9. The molecule has 8 heteroatoms. The number of sulfonamides is 1. The van der Waals surface area contributed by atoms with Crippen LogP contribution < -0.4 is 0 Å². The van der Waals surface area contributed by atoms with Gasteiger partial charge >= 0.3 is 0 Å². The van der Waals surface area contributed by atoms with Crippen LogP contribution in [0.5, 0.6) is 0 Å². The molecule has 1 aromatic carbocycles. The van der Waals surface area contributed by atoms with Crippen LogP contribution in [0, 0.1) is 0 Å². The Balaban J connectivity index is 1.49. The van der Waals surface area contributed by atoms with Crippen LogP contribution in [0.4, 0.5) is 0 Å². The number of benzene rings is 1. The molecule has 1 fully saturated rings. The van der Waals surface area contributed by atoms with Gasteiger partial charge in [-0.15, -0.1) is 0 Å². The standard InChI is InChI=1S/C18H19N3O3S2/c1-2-5-13-6-3-4-7-16(13)26(22,23)21-10-15(11-21)18-19-17(20-24-18)14-8-9-25-12-14/h3-4,6-9,12,15H,2,5,10-11H2,1H3. The number of thiophene rings is 1. The number of nitrogens with zero attached hydrogens (tertiary/aromatic N) is 3. The third-order valence-corrected chi connectivity index (χ3v) is 7.14. The number of hydrogen-bond donors (Lipinski definition) is 0. The quantitative estimate of drug-likeness (QED) is 0.644. The van der Waals surface area contributed by atoms with Crippen molar-refractivity contribution in [2.75, 3.05) is 13.1 Å². The molecular formula is C18H19N3O3S2. The molecule has 0 unspecified atom stereocenters. The topological polar surface area (TPSA) is 76.3 Å². The smallest absolute Gasteiger partial charge is 0.243 e. The van der Waals surface area contributed by atoms with Gasteiger partial charge < -0.3 is 4.52 Å². The highest BCUT2D eigenvalue weighted by atomic mass is 32.2. The van der Waals surface area contributed by atoms with Crippen LogP contribution in [-0.4, -0.2) is 36.0 Å². The van der Waals surface area contributed by atoms with Crippen molar-refractivity contribution < 1.29 is 12.9 Å². The summed E-state index contributed by atoms with van der Waals surface area (Å²) in [7, 11) is -3.49. The van der Waals surface area contributed by atoms with Crippen molar-refractivity contribution in [1.29, 1.82) is 0 Å². The zero-order valence-corrected chi connectivity index (χ0v) is 16.0. The monoisotopic (exact) mass is 389 g/mol. The number of hydrogen-bond acceptors (Lipinski definition) is 6. The van der Waals surface area contributed by atoms with Crippen molar-refractivity contribution in [3.63, 3.8) is 0 Å². The Labute approximate surface area is 156 Å². The zero-order valence-electron chi connectivity index (χ0n) is 14.3. The first kappa shape index (κ1) is 17.4. The van der Waals surface area contributed by atoms with Crippen LogP contribution in [0.15, 0.2) is 50.5 Å². The molecule has 1 aliphatic heterocycles. The lowest BCUT2D eigenvalue weighted by Gasteiger charge is -2.36. The van der Waals surface area contributed by atoms with Crippen molar-refractivity contribution >= 4 is 21.4 Å². The molecule has 1 aliphatic rings. The largest absolute Gasteiger partial charge is 0.339 e. The fourth-order valence-electron chi connectivity index (χ4n) is 3.07. The van der Waals surface area contributed by atoms with E-state index in [1.165, 1.54) is 4.31 Å². The van der Waals surface area contributed by atoms with E-state index in [1.54, 1.807) is 23.5 Å². The van der Waals surface area contributed by atoms with E-state index in [0.717, 1.165) is 24.0 Å². The van der Waals surface area contributed by atoms with E-state index >= 15 is 0 Å². The summed E-state index contributed by atoms with van der Waals surface area (Å²) in [5.41, 5.74) is 1.79. The molecule has 3 heterocycles. The summed E-state index contributed by atoms with van der Waals surface area (Å²) in [5, 5.41) is 7.91. The Kier molecular flexibility index (Phi) is 4.64. The van der Waals surface area contributed by atoms with Crippen LogP contribution in [-0.2, 0) is 16.4 Å². The second-order valence-electron chi connectivity index (χ2n) is 6.34. The van der Waals surface area contributed by atoms with Gasteiger partial charge in [-0.25, -0.2) is 8.42 Å². The van der Waals surface area contributed by atoms with Crippen LogP contribution in [0.3, 0.4) is 0 Å². The fraction of sp³-hybridized carbons (Fsp3) is 0.333. The first-order valence-electron chi connectivity index (χ1n) is 8.54. The summed E-state index contributed by atoms with van der Waals surface area (Å²) in [5.74, 6) is 0.998. The normalized spacial score (nSPS) is 15.9. The zero-order chi connectivity index (χ0) is 18.1. The molecule has 26 heavy (non-hydrogen) atoms. The molecular weight excluding hydrogens is 370 g/mol. The Hall–Kier alpha value is -2.03. The van der Waals surface area contributed by atoms with Crippen molar-refractivity contribution in [2.45, 2.75) is 30.6 Å². The lowest BCUT2D eigenvalue weighted by molar-refractivity contribution is 0.216. The molecule has 0 atom stereocenters. The van der Waals surface area contributed by atoms with Gasteiger partial charge in [-0.2, -0.15) is 20.6 Å². The third kappa shape index (κ3) is 3.08. The third-order valence-electron chi connectivity index (χ3n) is 4.53. The average Bonchev–Trinajstić information content (AvgIpc) is 3.25. The number of rotatable bonds is 6. The predicted octanol–water partition coefficient (Wildman–Crippen LogP) is 3.54. The first-order chi connectivity index (χ1) is 12.6. The highest BCUT2D eigenvalue weighted by Crippen LogP contribution is 2.33. The Morgan fingerprint density at radius 1 is 1.27 bits per heavy atom.